The van der Waals surface area contributed by atoms with E-state index < -0.39 is 6.10 Å². The third-order valence-electron chi connectivity index (χ3n) is 3.34. The molecule has 4 N–H and O–H groups in total. The van der Waals surface area contributed by atoms with Gasteiger partial charge in [-0.1, -0.05) is 12.1 Å². The van der Waals surface area contributed by atoms with Gasteiger partial charge in [-0.2, -0.15) is 0 Å². The minimum Gasteiger partial charge on any atom is -0.389 e. The number of aliphatic hydroxyl groups is 1. The van der Waals surface area contributed by atoms with Crippen LogP contribution in [0.25, 0.3) is 0 Å². The number of nitrogens with one attached hydrogen (secondary N) is 1. The van der Waals surface area contributed by atoms with Crippen LogP contribution in [0.4, 0.5) is 5.69 Å². The van der Waals surface area contributed by atoms with Gasteiger partial charge in [0.25, 0.3) is 0 Å². The van der Waals surface area contributed by atoms with E-state index in [9.17, 15) is 5.11 Å². The third-order valence-corrected chi connectivity index (χ3v) is 3.34. The molecule has 1 aliphatic heterocycles. The van der Waals surface area contributed by atoms with Crippen LogP contribution in [-0.2, 0) is 11.2 Å². The maximum atomic E-state index is 9.88. The van der Waals surface area contributed by atoms with E-state index in [1.54, 1.807) is 0 Å². The molecule has 1 saturated heterocycles. The number of ether oxygens (including phenoxy) is 1. The van der Waals surface area contributed by atoms with Gasteiger partial charge < -0.3 is 20.9 Å². The zero-order chi connectivity index (χ0) is 13.0. The minimum atomic E-state index is -0.440. The highest BCUT2D eigenvalue weighted by Crippen LogP contribution is 2.19. The van der Waals surface area contributed by atoms with E-state index in [4.69, 9.17) is 10.5 Å². The second-order valence-electron chi connectivity index (χ2n) is 4.93. The molecule has 0 aliphatic carbocycles. The van der Waals surface area contributed by atoms with E-state index in [2.05, 4.69) is 17.4 Å². The first-order chi connectivity index (χ1) is 8.69. The van der Waals surface area contributed by atoms with Crippen molar-refractivity contribution in [3.63, 3.8) is 0 Å². The third kappa shape index (κ3) is 3.45. The van der Waals surface area contributed by atoms with E-state index in [-0.39, 0.29) is 12.1 Å². The average molecular weight is 250 g/mol. The molecule has 1 aromatic rings. The Hall–Kier alpha value is -1.10. The fourth-order valence-corrected chi connectivity index (χ4v) is 2.27. The Kier molecular flexibility index (Phi) is 4.58. The van der Waals surface area contributed by atoms with Crippen molar-refractivity contribution in [2.24, 2.45) is 5.73 Å². The predicted molar refractivity (Wildman–Crippen MR) is 72.6 cm³/mol. The monoisotopic (exact) mass is 250 g/mol. The van der Waals surface area contributed by atoms with E-state index >= 15 is 0 Å². The molecule has 0 amide bonds. The van der Waals surface area contributed by atoms with Crippen LogP contribution in [0.2, 0.25) is 0 Å². The molecule has 0 spiro atoms. The van der Waals surface area contributed by atoms with Gasteiger partial charge in [0, 0.05) is 5.69 Å². The Morgan fingerprint density at radius 1 is 1.39 bits per heavy atom. The minimum absolute atomic E-state index is 0.0640. The van der Waals surface area contributed by atoms with Gasteiger partial charge >= 0.3 is 0 Å². The topological polar surface area (TPSA) is 67.5 Å². The summed E-state index contributed by atoms with van der Waals surface area (Å²) < 4.78 is 5.41. The van der Waals surface area contributed by atoms with E-state index in [1.807, 2.05) is 19.1 Å². The zero-order valence-electron chi connectivity index (χ0n) is 10.8. The molecule has 3 atom stereocenters. The van der Waals surface area contributed by atoms with Gasteiger partial charge in [-0.05, 0) is 44.0 Å². The fraction of sp³-hybridized carbons (Fsp3) is 0.571. The summed E-state index contributed by atoms with van der Waals surface area (Å²) in [6.07, 6.45) is 1.48. The van der Waals surface area contributed by atoms with E-state index in [0.29, 0.717) is 13.2 Å². The van der Waals surface area contributed by atoms with Crippen LogP contribution in [0, 0.1) is 0 Å². The summed E-state index contributed by atoms with van der Waals surface area (Å²) >= 11 is 0. The Labute approximate surface area is 108 Å². The Balaban J connectivity index is 1.95. The van der Waals surface area contributed by atoms with Crippen LogP contribution >= 0.6 is 0 Å². The smallest absolute Gasteiger partial charge is 0.0975 e. The van der Waals surface area contributed by atoms with Gasteiger partial charge in [0.15, 0.2) is 0 Å². The first-order valence-corrected chi connectivity index (χ1v) is 6.54. The summed E-state index contributed by atoms with van der Waals surface area (Å²) in [6, 6.07) is 8.29. The van der Waals surface area contributed by atoms with Gasteiger partial charge in [-0.25, -0.2) is 0 Å². The van der Waals surface area contributed by atoms with Gasteiger partial charge in [0.1, 0.15) is 0 Å². The first-order valence-electron chi connectivity index (χ1n) is 6.54. The number of hydrogen-bond donors (Lipinski definition) is 3. The second-order valence-corrected chi connectivity index (χ2v) is 4.93. The molecule has 0 saturated carbocycles. The van der Waals surface area contributed by atoms with Crippen molar-refractivity contribution in [2.75, 3.05) is 18.5 Å². The molecule has 4 nitrogen and oxygen atoms in total. The van der Waals surface area contributed by atoms with E-state index in [1.165, 1.54) is 5.56 Å². The van der Waals surface area contributed by atoms with Crippen molar-refractivity contribution >= 4 is 5.69 Å². The lowest BCUT2D eigenvalue weighted by Crippen LogP contribution is -2.44. The first kappa shape index (κ1) is 13.3. The molecule has 0 bridgehead atoms. The molecule has 1 aromatic carbocycles. The standard InChI is InChI=1S/C14H22N2O2/c1-10-8-13(14(17)9-18-10)16-12-4-2-11(3-5-12)6-7-15/h2-5,10,13-14,16-17H,6-9,15H2,1H3/t10-,13+,14-/m1/s1. The number of aliphatic hydroxyl groups excluding tert-OH is 1. The van der Waals surface area contributed by atoms with Crippen molar-refractivity contribution in [3.8, 4) is 0 Å². The van der Waals surface area contributed by atoms with Crippen LogP contribution in [0.15, 0.2) is 24.3 Å². The summed E-state index contributed by atoms with van der Waals surface area (Å²) in [5, 5.41) is 13.3. The van der Waals surface area contributed by atoms with Crippen LogP contribution in [-0.4, -0.2) is 36.5 Å². The van der Waals surface area contributed by atoms with Crippen molar-refractivity contribution in [1.82, 2.24) is 0 Å². The summed E-state index contributed by atoms with van der Waals surface area (Å²) in [5.41, 5.74) is 7.79. The van der Waals surface area contributed by atoms with Crippen LogP contribution in [0.5, 0.6) is 0 Å². The molecular weight excluding hydrogens is 228 g/mol. The fourth-order valence-electron chi connectivity index (χ4n) is 2.27. The van der Waals surface area contributed by atoms with Gasteiger partial charge in [-0.15, -0.1) is 0 Å². The summed E-state index contributed by atoms with van der Waals surface area (Å²) in [4.78, 5) is 0. The molecule has 100 valence electrons. The Bertz CT molecular complexity index is 367. The SMILES string of the molecule is C[C@@H]1C[C@H](Nc2ccc(CCN)cc2)[C@H](O)CO1. The molecular formula is C14H22N2O2. The zero-order valence-corrected chi connectivity index (χ0v) is 10.8. The lowest BCUT2D eigenvalue weighted by atomic mass is 10.0. The highest BCUT2D eigenvalue weighted by molar-refractivity contribution is 5.45. The maximum Gasteiger partial charge on any atom is 0.0975 e. The van der Waals surface area contributed by atoms with Crippen LogP contribution in [0.1, 0.15) is 18.9 Å². The van der Waals surface area contributed by atoms with Gasteiger partial charge in [0.05, 0.1) is 24.9 Å². The molecule has 0 aromatic heterocycles. The van der Waals surface area contributed by atoms with Crippen LogP contribution in [0.3, 0.4) is 0 Å². The highest BCUT2D eigenvalue weighted by atomic mass is 16.5. The quantitative estimate of drug-likeness (QED) is 0.749. The van der Waals surface area contributed by atoms with Crippen LogP contribution < -0.4 is 11.1 Å². The lowest BCUT2D eigenvalue weighted by Gasteiger charge is -2.33. The lowest BCUT2D eigenvalue weighted by molar-refractivity contribution is -0.0541. The van der Waals surface area contributed by atoms with Crippen molar-refractivity contribution in [1.29, 1.82) is 0 Å². The van der Waals surface area contributed by atoms with Crippen molar-refractivity contribution in [2.45, 2.75) is 38.0 Å². The molecule has 1 aliphatic rings. The van der Waals surface area contributed by atoms with Gasteiger partial charge in [0.2, 0.25) is 0 Å². The van der Waals surface area contributed by atoms with Crippen molar-refractivity contribution in [3.05, 3.63) is 29.8 Å². The number of rotatable bonds is 4. The van der Waals surface area contributed by atoms with Gasteiger partial charge in [-0.3, -0.25) is 0 Å². The molecule has 0 unspecified atom stereocenters. The summed E-state index contributed by atoms with van der Waals surface area (Å²) in [7, 11) is 0. The number of nitrogens with two attached hydrogens (primary N) is 1. The Morgan fingerprint density at radius 2 is 2.11 bits per heavy atom. The highest BCUT2D eigenvalue weighted by Gasteiger charge is 2.27. The predicted octanol–water partition coefficient (Wildman–Crippen LogP) is 1.14. The number of hydrogen-bond acceptors (Lipinski definition) is 4. The molecule has 1 fully saturated rings. The molecule has 1 heterocycles. The van der Waals surface area contributed by atoms with Crippen molar-refractivity contribution < 1.29 is 9.84 Å². The molecule has 2 rings (SSSR count). The number of benzene rings is 1. The largest absolute Gasteiger partial charge is 0.389 e. The average Bonchev–Trinajstić information content (AvgIpc) is 2.37. The number of anilines is 1. The molecule has 4 heteroatoms. The second kappa shape index (κ2) is 6.18. The Morgan fingerprint density at radius 3 is 2.78 bits per heavy atom. The molecule has 0 radical (unpaired) electrons. The summed E-state index contributed by atoms with van der Waals surface area (Å²) in [6.45, 7) is 3.11. The molecule has 18 heavy (non-hydrogen) atoms. The normalized spacial score (nSPS) is 28.1. The van der Waals surface area contributed by atoms with E-state index in [0.717, 1.165) is 18.5 Å². The summed E-state index contributed by atoms with van der Waals surface area (Å²) in [5.74, 6) is 0. The maximum absolute atomic E-state index is 9.88.